The average molecular weight is 224 g/mol. The smallest absolute Gasteiger partial charge is 0.231 e. The lowest BCUT2D eigenvalue weighted by molar-refractivity contribution is -0.123. The first kappa shape index (κ1) is 10.6. The Bertz CT molecular complexity index is 374. The van der Waals surface area contributed by atoms with Crippen LogP contribution >= 0.6 is 11.3 Å². The third kappa shape index (κ3) is 2.56. The van der Waals surface area contributed by atoms with Gasteiger partial charge in [-0.2, -0.15) is 0 Å². The molecule has 0 radical (unpaired) electrons. The summed E-state index contributed by atoms with van der Waals surface area (Å²) in [6.07, 6.45) is 2.49. The number of aromatic nitrogens is 1. The van der Waals surface area contributed by atoms with Gasteiger partial charge >= 0.3 is 0 Å². The molecule has 2 rings (SSSR count). The quantitative estimate of drug-likeness (QED) is 0.839. The minimum atomic E-state index is -0.356. The van der Waals surface area contributed by atoms with Crippen LogP contribution in [0.2, 0.25) is 0 Å². The molecule has 1 aromatic rings. The minimum Gasteiger partial charge on any atom is -0.302 e. The van der Waals surface area contributed by atoms with Gasteiger partial charge in [0, 0.05) is 16.7 Å². The lowest BCUT2D eigenvalue weighted by Gasteiger charge is -2.15. The molecule has 1 fully saturated rings. The van der Waals surface area contributed by atoms with E-state index in [1.54, 1.807) is 0 Å². The highest BCUT2D eigenvalue weighted by Crippen LogP contribution is 2.40. The second-order valence-corrected chi connectivity index (χ2v) is 5.91. The van der Waals surface area contributed by atoms with E-state index < -0.39 is 0 Å². The largest absolute Gasteiger partial charge is 0.302 e. The first-order valence-electron chi connectivity index (χ1n) is 5.24. The molecule has 0 aliphatic heterocycles. The molecule has 15 heavy (non-hydrogen) atoms. The predicted molar refractivity (Wildman–Crippen MR) is 62.2 cm³/mol. The third-order valence-electron chi connectivity index (χ3n) is 2.42. The van der Waals surface area contributed by atoms with Crippen LogP contribution in [0.4, 0.5) is 5.13 Å². The van der Waals surface area contributed by atoms with E-state index in [2.05, 4.69) is 15.7 Å². The van der Waals surface area contributed by atoms with Crippen LogP contribution in [-0.4, -0.2) is 10.9 Å². The van der Waals surface area contributed by atoms with E-state index in [0.29, 0.717) is 5.92 Å². The van der Waals surface area contributed by atoms with Gasteiger partial charge in [0.2, 0.25) is 5.91 Å². The molecular weight excluding hydrogens is 208 g/mol. The predicted octanol–water partition coefficient (Wildman–Crippen LogP) is 3.01. The van der Waals surface area contributed by atoms with Gasteiger partial charge in [0.1, 0.15) is 0 Å². The zero-order chi connectivity index (χ0) is 11.1. The van der Waals surface area contributed by atoms with Gasteiger partial charge < -0.3 is 5.32 Å². The summed E-state index contributed by atoms with van der Waals surface area (Å²) in [6, 6.07) is 0. The summed E-state index contributed by atoms with van der Waals surface area (Å²) in [5.74, 6) is 0.681. The average Bonchev–Trinajstić information content (AvgIpc) is 2.87. The molecule has 0 atom stereocenters. The summed E-state index contributed by atoms with van der Waals surface area (Å²) in [7, 11) is 0. The normalized spacial score (nSPS) is 16.5. The van der Waals surface area contributed by atoms with Gasteiger partial charge in [0.05, 0.1) is 5.69 Å². The number of nitrogens with one attached hydrogen (secondary N) is 1. The fourth-order valence-corrected chi connectivity index (χ4v) is 1.98. The highest BCUT2D eigenvalue weighted by molar-refractivity contribution is 7.13. The molecule has 1 aromatic heterocycles. The first-order valence-corrected chi connectivity index (χ1v) is 6.11. The molecule has 1 amide bonds. The van der Waals surface area contributed by atoms with Crippen molar-refractivity contribution in [3.05, 3.63) is 11.1 Å². The number of hydrogen-bond donors (Lipinski definition) is 1. The number of rotatable bonds is 2. The lowest BCUT2D eigenvalue weighted by Crippen LogP contribution is -2.27. The maximum absolute atomic E-state index is 11.7. The van der Waals surface area contributed by atoms with E-state index >= 15 is 0 Å². The first-order chi connectivity index (χ1) is 6.97. The number of thiazole rings is 1. The molecule has 82 valence electrons. The van der Waals surface area contributed by atoms with Crippen LogP contribution < -0.4 is 5.32 Å². The Morgan fingerprint density at radius 1 is 1.53 bits per heavy atom. The van der Waals surface area contributed by atoms with E-state index in [9.17, 15) is 4.79 Å². The highest BCUT2D eigenvalue weighted by atomic mass is 32.1. The highest BCUT2D eigenvalue weighted by Gasteiger charge is 2.27. The maximum Gasteiger partial charge on any atom is 0.231 e. The molecule has 1 saturated carbocycles. The van der Waals surface area contributed by atoms with Crippen molar-refractivity contribution in [2.24, 2.45) is 5.41 Å². The van der Waals surface area contributed by atoms with Gasteiger partial charge in [0.15, 0.2) is 5.13 Å². The van der Waals surface area contributed by atoms with Crippen molar-refractivity contribution in [2.75, 3.05) is 5.32 Å². The Morgan fingerprint density at radius 2 is 2.20 bits per heavy atom. The van der Waals surface area contributed by atoms with Crippen LogP contribution in [0.1, 0.15) is 45.2 Å². The third-order valence-corrected chi connectivity index (χ3v) is 3.20. The summed E-state index contributed by atoms with van der Waals surface area (Å²) in [5, 5.41) is 5.64. The Morgan fingerprint density at radius 3 is 2.73 bits per heavy atom. The van der Waals surface area contributed by atoms with Crippen molar-refractivity contribution in [1.82, 2.24) is 4.98 Å². The molecule has 4 heteroatoms. The van der Waals surface area contributed by atoms with Crippen molar-refractivity contribution in [3.63, 3.8) is 0 Å². The molecule has 3 nitrogen and oxygen atoms in total. The molecule has 0 saturated heterocycles. The van der Waals surface area contributed by atoms with Crippen molar-refractivity contribution < 1.29 is 4.79 Å². The molecule has 1 aliphatic carbocycles. The van der Waals surface area contributed by atoms with E-state index in [0.717, 1.165) is 10.8 Å². The summed E-state index contributed by atoms with van der Waals surface area (Å²) < 4.78 is 0. The lowest BCUT2D eigenvalue weighted by atomic mass is 9.96. The minimum absolute atomic E-state index is 0.0270. The van der Waals surface area contributed by atoms with Gasteiger partial charge in [-0.05, 0) is 12.8 Å². The standard InChI is InChI=1S/C11H16N2OS/c1-11(2,3)9(14)13-10-12-8(6-15-10)7-4-5-7/h6-7H,4-5H2,1-3H3,(H,12,13,14). The fourth-order valence-electron chi connectivity index (χ4n) is 1.19. The van der Waals surface area contributed by atoms with E-state index in [4.69, 9.17) is 0 Å². The maximum atomic E-state index is 11.7. The second-order valence-electron chi connectivity index (χ2n) is 5.06. The van der Waals surface area contributed by atoms with Crippen molar-refractivity contribution >= 4 is 22.4 Å². The van der Waals surface area contributed by atoms with Crippen LogP contribution in [0.25, 0.3) is 0 Å². The topological polar surface area (TPSA) is 42.0 Å². The fraction of sp³-hybridized carbons (Fsp3) is 0.636. The molecular formula is C11H16N2OS. The Kier molecular flexibility index (Phi) is 2.54. The number of amides is 1. The van der Waals surface area contributed by atoms with Crippen LogP contribution in [0.15, 0.2) is 5.38 Å². The summed E-state index contributed by atoms with van der Waals surface area (Å²) in [4.78, 5) is 16.1. The molecule has 0 aromatic carbocycles. The summed E-state index contributed by atoms with van der Waals surface area (Å²) in [5.41, 5.74) is 0.787. The van der Waals surface area contributed by atoms with Gasteiger partial charge in [-0.25, -0.2) is 4.98 Å². The van der Waals surface area contributed by atoms with E-state index in [-0.39, 0.29) is 11.3 Å². The SMILES string of the molecule is CC(C)(C)C(=O)Nc1nc(C2CC2)cs1. The molecule has 0 unspecified atom stereocenters. The Balaban J connectivity index is 2.01. The van der Waals surface area contributed by atoms with Crippen LogP contribution in [0, 0.1) is 5.41 Å². The number of nitrogens with zero attached hydrogens (tertiary/aromatic N) is 1. The zero-order valence-corrected chi connectivity index (χ0v) is 10.1. The zero-order valence-electron chi connectivity index (χ0n) is 9.33. The van der Waals surface area contributed by atoms with Gasteiger partial charge in [-0.15, -0.1) is 11.3 Å². The monoisotopic (exact) mass is 224 g/mol. The number of hydrogen-bond acceptors (Lipinski definition) is 3. The number of anilines is 1. The second kappa shape index (κ2) is 3.59. The molecule has 0 spiro atoms. The molecule has 0 bridgehead atoms. The number of carbonyl (C=O) groups is 1. The van der Waals surface area contributed by atoms with Gasteiger partial charge in [-0.3, -0.25) is 4.79 Å². The van der Waals surface area contributed by atoms with Crippen LogP contribution in [0.3, 0.4) is 0 Å². The van der Waals surface area contributed by atoms with Gasteiger partial charge in [-0.1, -0.05) is 20.8 Å². The van der Waals surface area contributed by atoms with Gasteiger partial charge in [0.25, 0.3) is 0 Å². The molecule has 1 N–H and O–H groups in total. The summed E-state index contributed by atoms with van der Waals surface area (Å²) >= 11 is 1.52. The van der Waals surface area contributed by atoms with Crippen molar-refractivity contribution in [1.29, 1.82) is 0 Å². The Labute approximate surface area is 93.9 Å². The summed E-state index contributed by atoms with van der Waals surface area (Å²) in [6.45, 7) is 5.70. The molecule has 1 heterocycles. The van der Waals surface area contributed by atoms with E-state index in [1.165, 1.54) is 24.2 Å². The van der Waals surface area contributed by atoms with Crippen LogP contribution in [-0.2, 0) is 4.79 Å². The van der Waals surface area contributed by atoms with Crippen molar-refractivity contribution in [2.45, 2.75) is 39.5 Å². The molecule has 1 aliphatic rings. The van der Waals surface area contributed by atoms with Crippen LogP contribution in [0.5, 0.6) is 0 Å². The van der Waals surface area contributed by atoms with E-state index in [1.807, 2.05) is 20.8 Å². The Hall–Kier alpha value is -0.900. The van der Waals surface area contributed by atoms with Crippen molar-refractivity contribution in [3.8, 4) is 0 Å². The number of carbonyl (C=O) groups excluding carboxylic acids is 1.